The van der Waals surface area contributed by atoms with Crippen LogP contribution in [0.1, 0.15) is 44.1 Å². The Bertz CT molecular complexity index is 1090. The second-order valence-corrected chi connectivity index (χ2v) is 9.84. The van der Waals surface area contributed by atoms with Crippen LogP contribution in [0.3, 0.4) is 0 Å². The molecule has 2 rings (SSSR count). The van der Waals surface area contributed by atoms with Gasteiger partial charge in [-0.2, -0.15) is 0 Å². The van der Waals surface area contributed by atoms with Crippen molar-refractivity contribution in [2.75, 3.05) is 19.6 Å². The van der Waals surface area contributed by atoms with Crippen molar-refractivity contribution in [1.82, 2.24) is 15.5 Å². The molecule has 0 radical (unpaired) electrons. The van der Waals surface area contributed by atoms with Gasteiger partial charge in [-0.25, -0.2) is 4.79 Å². The number of nitrogens with two attached hydrogens (primary N) is 5. The van der Waals surface area contributed by atoms with E-state index in [0.717, 1.165) is 5.56 Å². The second kappa shape index (κ2) is 16.6. The predicted octanol–water partition coefficient (Wildman–Crippen LogP) is -2.29. The van der Waals surface area contributed by atoms with Crippen molar-refractivity contribution < 1.29 is 24.3 Å². The average Bonchev–Trinajstić information content (AvgIpc) is 3.42. The highest BCUT2D eigenvalue weighted by molar-refractivity contribution is 5.94. The number of benzene rings is 1. The van der Waals surface area contributed by atoms with Crippen LogP contribution >= 0.6 is 0 Å². The van der Waals surface area contributed by atoms with Crippen LogP contribution in [0.25, 0.3) is 0 Å². The maximum atomic E-state index is 13.3. The molecule has 0 bridgehead atoms. The summed E-state index contributed by atoms with van der Waals surface area (Å²) in [6.07, 6.45) is 2.33. The number of rotatable bonds is 16. The maximum Gasteiger partial charge on any atom is 0.326 e. The van der Waals surface area contributed by atoms with Gasteiger partial charge in [0.25, 0.3) is 0 Å². The molecule has 15 heteroatoms. The monoisotopic (exact) mass is 574 g/mol. The van der Waals surface area contributed by atoms with Crippen LogP contribution in [0.2, 0.25) is 0 Å². The fraction of sp³-hybridized carbons (Fsp3) is 0.538. The lowest BCUT2D eigenvalue weighted by molar-refractivity contribution is -0.143. The Morgan fingerprint density at radius 2 is 1.54 bits per heavy atom. The summed E-state index contributed by atoms with van der Waals surface area (Å²) in [6, 6.07) is 4.90. The molecule has 0 aromatic heterocycles. The Hall–Kier alpha value is -4.40. The van der Waals surface area contributed by atoms with Gasteiger partial charge in [-0.3, -0.25) is 24.4 Å². The molecule has 41 heavy (non-hydrogen) atoms. The molecule has 1 aliphatic rings. The zero-order chi connectivity index (χ0) is 30.4. The number of guanidine groups is 2. The normalized spacial score (nSPS) is 16.6. The van der Waals surface area contributed by atoms with Crippen molar-refractivity contribution in [1.29, 1.82) is 0 Å². The molecule has 4 atom stereocenters. The number of hydrogen-bond acceptors (Lipinski definition) is 7. The van der Waals surface area contributed by atoms with Crippen molar-refractivity contribution in [3.8, 4) is 0 Å². The van der Waals surface area contributed by atoms with Gasteiger partial charge in [-0.1, -0.05) is 30.3 Å². The van der Waals surface area contributed by atoms with E-state index in [-0.39, 0.29) is 37.2 Å². The van der Waals surface area contributed by atoms with E-state index in [1.807, 2.05) is 0 Å². The molecule has 13 N–H and O–H groups in total. The number of aliphatic imine (C=N–C) groups is 2. The third-order valence-corrected chi connectivity index (χ3v) is 6.60. The number of nitrogens with zero attached hydrogens (tertiary/aromatic N) is 3. The summed E-state index contributed by atoms with van der Waals surface area (Å²) < 4.78 is 0. The minimum atomic E-state index is -1.22. The number of carbonyl (C=O) groups excluding carboxylic acids is 3. The molecule has 1 aromatic rings. The lowest BCUT2D eigenvalue weighted by Crippen LogP contribution is -2.56. The van der Waals surface area contributed by atoms with Gasteiger partial charge in [0.1, 0.15) is 18.1 Å². The topological polar surface area (TPSA) is 271 Å². The average molecular weight is 575 g/mol. The Labute approximate surface area is 239 Å². The Morgan fingerprint density at radius 1 is 0.927 bits per heavy atom. The molecule has 0 saturated carbocycles. The van der Waals surface area contributed by atoms with Crippen LogP contribution in [0.4, 0.5) is 0 Å². The van der Waals surface area contributed by atoms with Gasteiger partial charge in [0.2, 0.25) is 17.7 Å². The van der Waals surface area contributed by atoms with Gasteiger partial charge >= 0.3 is 5.97 Å². The Morgan fingerprint density at radius 3 is 2.12 bits per heavy atom. The Balaban J connectivity index is 2.10. The number of aliphatic carboxylic acids is 1. The van der Waals surface area contributed by atoms with E-state index >= 15 is 0 Å². The van der Waals surface area contributed by atoms with E-state index in [1.165, 1.54) is 4.90 Å². The lowest BCUT2D eigenvalue weighted by Gasteiger charge is -2.28. The quantitative estimate of drug-likeness (QED) is 0.0594. The van der Waals surface area contributed by atoms with Crippen LogP contribution in [0.5, 0.6) is 0 Å². The summed E-state index contributed by atoms with van der Waals surface area (Å²) in [6.45, 7) is 0.876. The highest BCUT2D eigenvalue weighted by Gasteiger charge is 2.37. The van der Waals surface area contributed by atoms with E-state index in [4.69, 9.17) is 28.7 Å². The molecule has 0 aliphatic carbocycles. The number of amides is 3. The first-order valence-corrected chi connectivity index (χ1v) is 13.5. The molecule has 1 aliphatic heterocycles. The van der Waals surface area contributed by atoms with Crippen LogP contribution in [0.15, 0.2) is 40.3 Å². The van der Waals surface area contributed by atoms with Gasteiger partial charge in [-0.15, -0.1) is 0 Å². The van der Waals surface area contributed by atoms with E-state index in [9.17, 15) is 24.3 Å². The molecule has 3 amide bonds. The molecule has 226 valence electrons. The molecule has 1 saturated heterocycles. The van der Waals surface area contributed by atoms with E-state index < -0.39 is 42.0 Å². The molecule has 1 heterocycles. The first kappa shape index (κ1) is 32.8. The predicted molar refractivity (Wildman–Crippen MR) is 154 cm³/mol. The largest absolute Gasteiger partial charge is 0.480 e. The SMILES string of the molecule is NC(N)=NCCC[C@H](NC(=O)[C@@H]1CCCN1C(=O)[C@@H](N)CCCN=C(N)N)C(=O)N[C@@H](Cc1ccccc1)C(=O)O. The lowest BCUT2D eigenvalue weighted by atomic mass is 10.0. The van der Waals surface area contributed by atoms with Gasteiger partial charge in [0, 0.05) is 26.1 Å². The number of nitrogens with one attached hydrogen (secondary N) is 2. The van der Waals surface area contributed by atoms with Crippen molar-refractivity contribution >= 4 is 35.6 Å². The van der Waals surface area contributed by atoms with E-state index in [1.54, 1.807) is 30.3 Å². The molecule has 0 unspecified atom stereocenters. The first-order valence-electron chi connectivity index (χ1n) is 13.5. The van der Waals surface area contributed by atoms with E-state index in [2.05, 4.69) is 20.6 Å². The fourth-order valence-corrected chi connectivity index (χ4v) is 4.52. The molecule has 15 nitrogen and oxygen atoms in total. The molecular formula is C26H42N10O5. The molecular weight excluding hydrogens is 532 g/mol. The molecule has 0 spiro atoms. The summed E-state index contributed by atoms with van der Waals surface area (Å²) in [5.74, 6) is -2.95. The maximum absolute atomic E-state index is 13.3. The minimum Gasteiger partial charge on any atom is -0.480 e. The van der Waals surface area contributed by atoms with E-state index in [0.29, 0.717) is 45.2 Å². The molecule has 1 fully saturated rings. The Kier molecular flexibility index (Phi) is 13.3. The highest BCUT2D eigenvalue weighted by Crippen LogP contribution is 2.20. The summed E-state index contributed by atoms with van der Waals surface area (Å²) >= 11 is 0. The van der Waals surface area contributed by atoms with Crippen LogP contribution in [-0.2, 0) is 25.6 Å². The number of carbonyl (C=O) groups is 4. The van der Waals surface area contributed by atoms with Gasteiger partial charge in [-0.05, 0) is 44.1 Å². The number of hydrogen-bond donors (Lipinski definition) is 8. The number of likely N-dealkylation sites (tertiary alicyclic amines) is 1. The van der Waals surface area contributed by atoms with Gasteiger partial charge in [0.15, 0.2) is 11.9 Å². The third kappa shape index (κ3) is 11.3. The summed E-state index contributed by atoms with van der Waals surface area (Å²) in [5.41, 5.74) is 28.2. The zero-order valence-corrected chi connectivity index (χ0v) is 23.1. The van der Waals surface area contributed by atoms with Gasteiger partial charge < -0.3 is 49.3 Å². The summed E-state index contributed by atoms with van der Waals surface area (Å²) in [5, 5.41) is 15.0. The number of carboxylic acids is 1. The molecule has 1 aromatic carbocycles. The fourth-order valence-electron chi connectivity index (χ4n) is 4.52. The first-order chi connectivity index (χ1) is 19.5. The van der Waals surface area contributed by atoms with Crippen LogP contribution in [-0.4, -0.2) is 89.4 Å². The highest BCUT2D eigenvalue weighted by atomic mass is 16.4. The summed E-state index contributed by atoms with van der Waals surface area (Å²) in [7, 11) is 0. The third-order valence-electron chi connectivity index (χ3n) is 6.60. The minimum absolute atomic E-state index is 0.0483. The smallest absolute Gasteiger partial charge is 0.326 e. The van der Waals surface area contributed by atoms with Crippen molar-refractivity contribution in [3.63, 3.8) is 0 Å². The standard InChI is InChI=1S/C26H42N10O5/c27-17(9-4-12-32-25(28)29)23(39)36-14-6-11-20(36)22(38)34-18(10-5-13-33-26(30)31)21(37)35-19(24(40)41)15-16-7-2-1-3-8-16/h1-3,7-8,17-20H,4-6,9-15,27H2,(H,34,38)(H,35,37)(H,40,41)(H4,28,29,32)(H4,30,31,33)/t17-,18-,19-,20-/m0/s1. The zero-order valence-electron chi connectivity index (χ0n) is 23.1. The van der Waals surface area contributed by atoms with Crippen molar-refractivity contribution in [3.05, 3.63) is 35.9 Å². The van der Waals surface area contributed by atoms with Crippen LogP contribution < -0.4 is 39.3 Å². The summed E-state index contributed by atoms with van der Waals surface area (Å²) in [4.78, 5) is 60.7. The van der Waals surface area contributed by atoms with Gasteiger partial charge in [0.05, 0.1) is 6.04 Å². The van der Waals surface area contributed by atoms with Crippen molar-refractivity contribution in [2.45, 2.75) is 69.1 Å². The van der Waals surface area contributed by atoms with Crippen molar-refractivity contribution in [2.24, 2.45) is 38.7 Å². The number of carboxylic acid groups (broad SMARTS) is 1. The second-order valence-electron chi connectivity index (χ2n) is 9.84. The van der Waals surface area contributed by atoms with Crippen LogP contribution in [0, 0.1) is 0 Å².